The molecule has 0 radical (unpaired) electrons. The van der Waals surface area contributed by atoms with E-state index in [1.54, 1.807) is 0 Å². The molecule has 0 saturated carbocycles. The predicted octanol–water partition coefficient (Wildman–Crippen LogP) is 3.83. The summed E-state index contributed by atoms with van der Waals surface area (Å²) in [5, 5.41) is 0. The van der Waals surface area contributed by atoms with Gasteiger partial charge in [0.15, 0.2) is 0 Å². The van der Waals surface area contributed by atoms with Crippen molar-refractivity contribution in [3.63, 3.8) is 0 Å². The quantitative estimate of drug-likeness (QED) is 0.615. The van der Waals surface area contributed by atoms with Gasteiger partial charge in [-0.3, -0.25) is 0 Å². The first kappa shape index (κ1) is 14.8. The Morgan fingerprint density at radius 2 is 1.89 bits per heavy atom. The zero-order valence-corrected chi connectivity index (χ0v) is 11.7. The second-order valence-corrected chi connectivity index (χ2v) is 4.32. The Labute approximate surface area is 111 Å². The summed E-state index contributed by atoms with van der Waals surface area (Å²) in [6.07, 6.45) is 4.13. The van der Waals surface area contributed by atoms with Gasteiger partial charge in [0.05, 0.1) is 6.61 Å². The molecule has 0 N–H and O–H groups in total. The van der Waals surface area contributed by atoms with Crippen LogP contribution in [-0.4, -0.2) is 31.1 Å². The van der Waals surface area contributed by atoms with Crippen molar-refractivity contribution in [3.05, 3.63) is 36.4 Å². The number of unbranched alkanes of at least 4 members (excludes halogenated alkanes) is 1. The maximum absolute atomic E-state index is 5.79. The van der Waals surface area contributed by atoms with Gasteiger partial charge < -0.3 is 9.64 Å². The van der Waals surface area contributed by atoms with E-state index in [0.717, 1.165) is 37.4 Å². The maximum atomic E-state index is 5.79. The molecular weight excluding hydrogens is 222 g/mol. The summed E-state index contributed by atoms with van der Waals surface area (Å²) in [6, 6.07) is 8.03. The van der Waals surface area contributed by atoms with Gasteiger partial charge in [-0.15, -0.1) is 0 Å². The Kier molecular flexibility index (Phi) is 7.19. The summed E-state index contributed by atoms with van der Waals surface area (Å²) in [5.41, 5.74) is 1.07. The van der Waals surface area contributed by atoms with Crippen LogP contribution in [0.3, 0.4) is 0 Å². The van der Waals surface area contributed by atoms with E-state index in [2.05, 4.69) is 25.3 Å². The molecule has 0 heterocycles. The van der Waals surface area contributed by atoms with Crippen LogP contribution >= 0.6 is 0 Å². The highest BCUT2D eigenvalue weighted by molar-refractivity contribution is 5.55. The summed E-state index contributed by atoms with van der Waals surface area (Å²) >= 11 is 0. The number of benzene rings is 1. The van der Waals surface area contributed by atoms with E-state index in [1.165, 1.54) is 13.0 Å². The van der Waals surface area contributed by atoms with E-state index in [1.807, 2.05) is 30.3 Å². The summed E-state index contributed by atoms with van der Waals surface area (Å²) in [5.74, 6) is 0.940. The van der Waals surface area contributed by atoms with E-state index < -0.39 is 0 Å². The molecule has 0 aliphatic heterocycles. The highest BCUT2D eigenvalue weighted by atomic mass is 16.5. The van der Waals surface area contributed by atoms with Crippen LogP contribution in [0.25, 0.3) is 6.08 Å². The topological polar surface area (TPSA) is 12.5 Å². The van der Waals surface area contributed by atoms with E-state index in [4.69, 9.17) is 4.74 Å². The third-order valence-electron chi connectivity index (χ3n) is 3.16. The van der Waals surface area contributed by atoms with Crippen LogP contribution in [0.4, 0.5) is 0 Å². The van der Waals surface area contributed by atoms with Crippen molar-refractivity contribution in [3.8, 4) is 5.75 Å². The first-order chi connectivity index (χ1) is 8.81. The lowest BCUT2D eigenvalue weighted by molar-refractivity contribution is 0.266. The van der Waals surface area contributed by atoms with Crippen LogP contribution in [-0.2, 0) is 0 Å². The Balaban J connectivity index is 2.23. The summed E-state index contributed by atoms with van der Waals surface area (Å²) in [6.45, 7) is 12.4. The predicted molar refractivity (Wildman–Crippen MR) is 79.1 cm³/mol. The Hall–Kier alpha value is -1.28. The Morgan fingerprint density at radius 1 is 1.17 bits per heavy atom. The van der Waals surface area contributed by atoms with Crippen LogP contribution in [0.15, 0.2) is 30.8 Å². The van der Waals surface area contributed by atoms with Crippen LogP contribution < -0.4 is 4.74 Å². The van der Waals surface area contributed by atoms with Gasteiger partial charge in [-0.05, 0) is 38.5 Å². The van der Waals surface area contributed by atoms with Crippen LogP contribution in [0.1, 0.15) is 32.3 Å². The van der Waals surface area contributed by atoms with Crippen molar-refractivity contribution in [2.24, 2.45) is 0 Å². The number of rotatable bonds is 9. The minimum Gasteiger partial charge on any atom is -0.493 e. The van der Waals surface area contributed by atoms with Crippen LogP contribution in [0, 0.1) is 0 Å². The number of hydrogen-bond donors (Lipinski definition) is 0. The standard InChI is InChI=1S/C16H25NO/c1-4-15-11-7-8-12-16(15)18-14-10-9-13-17(5-2)6-3/h4,7-8,11-12H,1,5-6,9-10,13-14H2,2-3H3. The fourth-order valence-corrected chi connectivity index (χ4v) is 1.94. The van der Waals surface area contributed by atoms with Crippen LogP contribution in [0.5, 0.6) is 5.75 Å². The van der Waals surface area contributed by atoms with Crippen molar-refractivity contribution in [1.82, 2.24) is 4.90 Å². The average Bonchev–Trinajstić information content (AvgIpc) is 2.43. The molecule has 100 valence electrons. The molecule has 0 atom stereocenters. The zero-order chi connectivity index (χ0) is 13.2. The SMILES string of the molecule is C=Cc1ccccc1OCCCCN(CC)CC. The van der Waals surface area contributed by atoms with Gasteiger partial charge in [0.2, 0.25) is 0 Å². The minimum atomic E-state index is 0.784. The van der Waals surface area contributed by atoms with Gasteiger partial charge >= 0.3 is 0 Å². The Bertz CT molecular complexity index is 345. The lowest BCUT2D eigenvalue weighted by Gasteiger charge is -2.17. The van der Waals surface area contributed by atoms with Crippen molar-refractivity contribution in [2.45, 2.75) is 26.7 Å². The molecule has 2 heteroatoms. The average molecular weight is 247 g/mol. The smallest absolute Gasteiger partial charge is 0.126 e. The van der Waals surface area contributed by atoms with Gasteiger partial charge in [0.1, 0.15) is 5.75 Å². The van der Waals surface area contributed by atoms with Crippen molar-refractivity contribution < 1.29 is 4.74 Å². The molecule has 1 aromatic rings. The van der Waals surface area contributed by atoms with Crippen molar-refractivity contribution in [2.75, 3.05) is 26.2 Å². The molecule has 0 bridgehead atoms. The third-order valence-corrected chi connectivity index (χ3v) is 3.16. The molecule has 0 aliphatic rings. The lowest BCUT2D eigenvalue weighted by Crippen LogP contribution is -2.24. The van der Waals surface area contributed by atoms with E-state index in [-0.39, 0.29) is 0 Å². The number of nitrogens with zero attached hydrogens (tertiary/aromatic N) is 1. The van der Waals surface area contributed by atoms with Crippen LogP contribution in [0.2, 0.25) is 0 Å². The first-order valence-electron chi connectivity index (χ1n) is 6.88. The van der Waals surface area contributed by atoms with E-state index in [0.29, 0.717) is 0 Å². The largest absolute Gasteiger partial charge is 0.493 e. The van der Waals surface area contributed by atoms with Gasteiger partial charge in [0.25, 0.3) is 0 Å². The second-order valence-electron chi connectivity index (χ2n) is 4.32. The first-order valence-corrected chi connectivity index (χ1v) is 6.88. The normalized spacial score (nSPS) is 10.6. The number of para-hydroxylation sites is 1. The summed E-state index contributed by atoms with van der Waals surface area (Å²) in [4.78, 5) is 2.44. The van der Waals surface area contributed by atoms with Gasteiger partial charge in [0, 0.05) is 5.56 Å². The molecule has 0 aliphatic carbocycles. The maximum Gasteiger partial charge on any atom is 0.126 e. The molecule has 0 unspecified atom stereocenters. The lowest BCUT2D eigenvalue weighted by atomic mass is 10.2. The van der Waals surface area contributed by atoms with Crippen molar-refractivity contribution >= 4 is 6.08 Å². The highest BCUT2D eigenvalue weighted by Crippen LogP contribution is 2.18. The second kappa shape index (κ2) is 8.76. The van der Waals surface area contributed by atoms with Gasteiger partial charge in [-0.25, -0.2) is 0 Å². The summed E-state index contributed by atoms with van der Waals surface area (Å²) in [7, 11) is 0. The molecule has 0 spiro atoms. The van der Waals surface area contributed by atoms with Gasteiger partial charge in [-0.1, -0.05) is 44.7 Å². The fraction of sp³-hybridized carbons (Fsp3) is 0.500. The minimum absolute atomic E-state index is 0.784. The zero-order valence-electron chi connectivity index (χ0n) is 11.7. The molecule has 0 fully saturated rings. The molecule has 18 heavy (non-hydrogen) atoms. The monoisotopic (exact) mass is 247 g/mol. The number of ether oxygens (including phenoxy) is 1. The van der Waals surface area contributed by atoms with Gasteiger partial charge in [-0.2, -0.15) is 0 Å². The van der Waals surface area contributed by atoms with E-state index >= 15 is 0 Å². The molecule has 2 nitrogen and oxygen atoms in total. The molecule has 0 saturated heterocycles. The third kappa shape index (κ3) is 4.92. The number of hydrogen-bond acceptors (Lipinski definition) is 2. The fourth-order valence-electron chi connectivity index (χ4n) is 1.94. The van der Waals surface area contributed by atoms with Crippen molar-refractivity contribution in [1.29, 1.82) is 0 Å². The molecule has 1 aromatic carbocycles. The molecule has 0 aromatic heterocycles. The highest BCUT2D eigenvalue weighted by Gasteiger charge is 2.00. The van der Waals surface area contributed by atoms with E-state index in [9.17, 15) is 0 Å². The molecule has 1 rings (SSSR count). The molecule has 0 amide bonds. The molecular formula is C16H25NO. The summed E-state index contributed by atoms with van der Waals surface area (Å²) < 4.78 is 5.79. The Morgan fingerprint density at radius 3 is 2.56 bits per heavy atom.